The molecule has 1 amide bonds. The topological polar surface area (TPSA) is 57.7 Å². The maximum Gasteiger partial charge on any atom is 0.233 e. The Bertz CT molecular complexity index is 737. The van der Waals surface area contributed by atoms with Crippen LogP contribution in [0.2, 0.25) is 5.02 Å². The average Bonchev–Trinajstić information content (AvgIpc) is 2.64. The molecule has 1 heterocycles. The first kappa shape index (κ1) is 22.2. The Labute approximate surface area is 168 Å². The van der Waals surface area contributed by atoms with Crippen molar-refractivity contribution in [1.29, 1.82) is 0 Å². The van der Waals surface area contributed by atoms with Gasteiger partial charge in [0.2, 0.25) is 15.9 Å². The van der Waals surface area contributed by atoms with Crippen molar-refractivity contribution in [2.45, 2.75) is 57.9 Å². The summed E-state index contributed by atoms with van der Waals surface area (Å²) in [6.45, 7) is 7.60. The summed E-state index contributed by atoms with van der Waals surface area (Å²) in [6.07, 6.45) is 4.05. The maximum absolute atomic E-state index is 13.5. The molecular formula is C20H31ClN2O3S. The van der Waals surface area contributed by atoms with E-state index >= 15 is 0 Å². The molecule has 0 saturated carbocycles. The van der Waals surface area contributed by atoms with Crippen molar-refractivity contribution >= 4 is 27.5 Å². The smallest absolute Gasteiger partial charge is 0.233 e. The third-order valence-corrected chi connectivity index (χ3v) is 7.57. The lowest BCUT2D eigenvalue weighted by atomic mass is 9.74. The number of sulfonamides is 1. The predicted octanol–water partition coefficient (Wildman–Crippen LogP) is 3.67. The zero-order chi connectivity index (χ0) is 20.2. The molecule has 0 unspecified atom stereocenters. The van der Waals surface area contributed by atoms with Gasteiger partial charge in [0, 0.05) is 30.7 Å². The van der Waals surface area contributed by atoms with Gasteiger partial charge in [-0.15, -0.1) is 0 Å². The fraction of sp³-hybridized carbons (Fsp3) is 0.650. The van der Waals surface area contributed by atoms with Gasteiger partial charge in [0.05, 0.1) is 11.7 Å². The van der Waals surface area contributed by atoms with Gasteiger partial charge in [0.15, 0.2) is 0 Å². The number of nitrogens with zero attached hydrogens (tertiary/aromatic N) is 2. The number of carbonyl (C=O) groups is 1. The molecular weight excluding hydrogens is 384 g/mol. The molecule has 152 valence electrons. The van der Waals surface area contributed by atoms with E-state index in [1.54, 1.807) is 4.31 Å². The number of piperidine rings is 1. The molecule has 1 aromatic carbocycles. The SMILES string of the molecule is CCN(C1CCN(C(=O)C(CC)(CC)c2ccc(Cl)cc2)CC1)S(C)(=O)=O. The van der Waals surface area contributed by atoms with Crippen LogP contribution < -0.4 is 0 Å². The second-order valence-corrected chi connectivity index (χ2v) is 9.66. The molecule has 1 aliphatic heterocycles. The third-order valence-electron chi connectivity index (χ3n) is 5.91. The number of rotatable bonds is 7. The van der Waals surface area contributed by atoms with E-state index in [0.717, 1.165) is 5.56 Å². The standard InChI is InChI=1S/C20H31ClN2O3S/c1-5-20(6-2,16-8-10-17(21)11-9-16)19(24)22-14-12-18(13-15-22)23(7-3)27(4,25)26/h8-11,18H,5-7,12-15H2,1-4H3. The first-order chi connectivity index (χ1) is 12.7. The molecule has 0 N–H and O–H groups in total. The molecule has 0 atom stereocenters. The van der Waals surface area contributed by atoms with Crippen LogP contribution in [-0.4, -0.2) is 55.5 Å². The monoisotopic (exact) mass is 414 g/mol. The van der Waals surface area contributed by atoms with Crippen molar-refractivity contribution in [1.82, 2.24) is 9.21 Å². The lowest BCUT2D eigenvalue weighted by Crippen LogP contribution is -2.53. The zero-order valence-electron chi connectivity index (χ0n) is 16.7. The number of carbonyl (C=O) groups excluding carboxylic acids is 1. The number of halogens is 1. The lowest BCUT2D eigenvalue weighted by molar-refractivity contribution is -0.139. The average molecular weight is 415 g/mol. The molecule has 1 saturated heterocycles. The van der Waals surface area contributed by atoms with Crippen LogP contribution in [0.25, 0.3) is 0 Å². The molecule has 0 spiro atoms. The molecule has 1 fully saturated rings. The Morgan fingerprint density at radius 1 is 1.15 bits per heavy atom. The molecule has 0 radical (unpaired) electrons. The second-order valence-electron chi connectivity index (χ2n) is 7.29. The van der Waals surface area contributed by atoms with Crippen LogP contribution in [0.5, 0.6) is 0 Å². The van der Waals surface area contributed by atoms with E-state index in [-0.39, 0.29) is 11.9 Å². The van der Waals surface area contributed by atoms with Crippen LogP contribution in [0.3, 0.4) is 0 Å². The van der Waals surface area contributed by atoms with E-state index in [1.165, 1.54) is 6.26 Å². The highest BCUT2D eigenvalue weighted by Gasteiger charge is 2.41. The second kappa shape index (κ2) is 8.93. The van der Waals surface area contributed by atoms with E-state index in [2.05, 4.69) is 0 Å². The van der Waals surface area contributed by atoms with Crippen LogP contribution >= 0.6 is 11.6 Å². The van der Waals surface area contributed by atoms with E-state index in [0.29, 0.717) is 50.3 Å². The Morgan fingerprint density at radius 2 is 1.67 bits per heavy atom. The van der Waals surface area contributed by atoms with Gasteiger partial charge in [-0.2, -0.15) is 4.31 Å². The van der Waals surface area contributed by atoms with Gasteiger partial charge in [-0.25, -0.2) is 8.42 Å². The molecule has 2 rings (SSSR count). The van der Waals surface area contributed by atoms with Crippen LogP contribution in [0.4, 0.5) is 0 Å². The van der Waals surface area contributed by atoms with Gasteiger partial charge in [0.25, 0.3) is 0 Å². The highest BCUT2D eigenvalue weighted by atomic mass is 35.5. The van der Waals surface area contributed by atoms with Crippen LogP contribution in [0.1, 0.15) is 52.0 Å². The minimum Gasteiger partial charge on any atom is -0.342 e. The van der Waals surface area contributed by atoms with Gasteiger partial charge in [-0.05, 0) is 43.4 Å². The first-order valence-electron chi connectivity index (χ1n) is 9.71. The van der Waals surface area contributed by atoms with Crippen molar-refractivity contribution in [2.75, 3.05) is 25.9 Å². The van der Waals surface area contributed by atoms with Gasteiger partial charge < -0.3 is 4.90 Å². The van der Waals surface area contributed by atoms with Crippen LogP contribution in [-0.2, 0) is 20.2 Å². The van der Waals surface area contributed by atoms with Crippen molar-refractivity contribution in [3.05, 3.63) is 34.9 Å². The summed E-state index contributed by atoms with van der Waals surface area (Å²) in [5.41, 5.74) is 0.439. The van der Waals surface area contributed by atoms with Crippen molar-refractivity contribution in [3.8, 4) is 0 Å². The number of hydrogen-bond donors (Lipinski definition) is 0. The number of amides is 1. The van der Waals surface area contributed by atoms with Crippen LogP contribution in [0.15, 0.2) is 24.3 Å². The highest BCUT2D eigenvalue weighted by Crippen LogP contribution is 2.35. The molecule has 0 aromatic heterocycles. The van der Waals surface area contributed by atoms with Crippen molar-refractivity contribution in [3.63, 3.8) is 0 Å². The summed E-state index contributed by atoms with van der Waals surface area (Å²) in [5.74, 6) is 0.135. The van der Waals surface area contributed by atoms with Gasteiger partial charge in [-0.1, -0.05) is 44.5 Å². The van der Waals surface area contributed by atoms with Gasteiger partial charge >= 0.3 is 0 Å². The van der Waals surface area contributed by atoms with E-state index in [4.69, 9.17) is 11.6 Å². The van der Waals surface area contributed by atoms with E-state index in [1.807, 2.05) is 49.9 Å². The largest absolute Gasteiger partial charge is 0.342 e. The zero-order valence-corrected chi connectivity index (χ0v) is 18.3. The summed E-state index contributed by atoms with van der Waals surface area (Å²) < 4.78 is 25.5. The Hall–Kier alpha value is -1.11. The fourth-order valence-electron chi connectivity index (χ4n) is 4.28. The Balaban J connectivity index is 2.18. The molecule has 1 aromatic rings. The molecule has 27 heavy (non-hydrogen) atoms. The number of likely N-dealkylation sites (tertiary alicyclic amines) is 1. The molecule has 0 bridgehead atoms. The minimum atomic E-state index is -3.22. The number of benzene rings is 1. The maximum atomic E-state index is 13.5. The van der Waals surface area contributed by atoms with Gasteiger partial charge in [-0.3, -0.25) is 4.79 Å². The minimum absolute atomic E-state index is 0.0257. The number of hydrogen-bond acceptors (Lipinski definition) is 3. The molecule has 0 aliphatic carbocycles. The van der Waals surface area contributed by atoms with Crippen molar-refractivity contribution in [2.24, 2.45) is 0 Å². The van der Waals surface area contributed by atoms with Crippen molar-refractivity contribution < 1.29 is 13.2 Å². The van der Waals surface area contributed by atoms with Crippen LogP contribution in [0, 0.1) is 0 Å². The highest BCUT2D eigenvalue weighted by molar-refractivity contribution is 7.88. The summed E-state index contributed by atoms with van der Waals surface area (Å²) in [4.78, 5) is 15.4. The summed E-state index contributed by atoms with van der Waals surface area (Å²) in [6, 6.07) is 7.54. The molecule has 1 aliphatic rings. The molecule has 7 heteroatoms. The van der Waals surface area contributed by atoms with Gasteiger partial charge in [0.1, 0.15) is 0 Å². The predicted molar refractivity (Wildman–Crippen MR) is 111 cm³/mol. The third kappa shape index (κ3) is 4.66. The lowest BCUT2D eigenvalue weighted by Gasteiger charge is -2.41. The summed E-state index contributed by atoms with van der Waals surface area (Å²) in [7, 11) is -3.22. The quantitative estimate of drug-likeness (QED) is 0.683. The first-order valence-corrected chi connectivity index (χ1v) is 11.9. The Kier molecular flexibility index (Phi) is 7.33. The Morgan fingerprint density at radius 3 is 2.07 bits per heavy atom. The van der Waals surface area contributed by atoms with E-state index in [9.17, 15) is 13.2 Å². The normalized spacial score (nSPS) is 16.7. The van der Waals surface area contributed by atoms with E-state index < -0.39 is 15.4 Å². The summed E-state index contributed by atoms with van der Waals surface area (Å²) in [5, 5.41) is 0.661. The fourth-order valence-corrected chi connectivity index (χ4v) is 5.62. The molecule has 5 nitrogen and oxygen atoms in total. The summed E-state index contributed by atoms with van der Waals surface area (Å²) >= 11 is 6.02.